The van der Waals surface area contributed by atoms with E-state index in [-0.39, 0.29) is 18.1 Å². The van der Waals surface area contributed by atoms with Crippen LogP contribution in [-0.4, -0.2) is 42.2 Å². The Kier molecular flexibility index (Phi) is 6.20. The Morgan fingerprint density at radius 2 is 1.65 bits per heavy atom. The van der Waals surface area contributed by atoms with Gasteiger partial charge in [0.1, 0.15) is 5.82 Å². The first-order chi connectivity index (χ1) is 12.7. The number of hydrogen-bond acceptors (Lipinski definition) is 4. The molecule has 3 rings (SSSR count). The van der Waals surface area contributed by atoms with Gasteiger partial charge in [0.15, 0.2) is 0 Å². The molecule has 0 aliphatic carbocycles. The molecule has 0 radical (unpaired) electrons. The third kappa shape index (κ3) is 4.80. The highest BCUT2D eigenvalue weighted by Gasteiger charge is 2.19. The van der Waals surface area contributed by atoms with Crippen LogP contribution in [0.2, 0.25) is 0 Å². The highest BCUT2D eigenvalue weighted by atomic mass is 19.1. The Morgan fingerprint density at radius 1 is 1.00 bits per heavy atom. The number of carbonyl (C=O) groups excluding carboxylic acids is 1. The number of amides is 1. The van der Waals surface area contributed by atoms with Crippen molar-refractivity contribution in [3.05, 3.63) is 65.5 Å². The first kappa shape index (κ1) is 18.4. The predicted octanol–water partition coefficient (Wildman–Crippen LogP) is 2.59. The van der Waals surface area contributed by atoms with E-state index in [9.17, 15) is 9.18 Å². The number of piperazine rings is 1. The zero-order chi connectivity index (χ0) is 18.4. The molecule has 2 aromatic carbocycles. The summed E-state index contributed by atoms with van der Waals surface area (Å²) >= 11 is 0. The number of hydrogen-bond donors (Lipinski definition) is 2. The van der Waals surface area contributed by atoms with Gasteiger partial charge in [-0.15, -0.1) is 0 Å². The van der Waals surface area contributed by atoms with E-state index < -0.39 is 0 Å². The number of halogens is 1. The fraction of sp³-hybridized carbons (Fsp3) is 0.350. The second-order valence-electron chi connectivity index (χ2n) is 6.57. The molecule has 0 spiro atoms. The van der Waals surface area contributed by atoms with Gasteiger partial charge in [-0.05, 0) is 29.7 Å². The topological polar surface area (TPSA) is 55.8 Å². The molecule has 0 bridgehead atoms. The van der Waals surface area contributed by atoms with Gasteiger partial charge < -0.3 is 4.90 Å². The zero-order valence-corrected chi connectivity index (χ0v) is 14.7. The van der Waals surface area contributed by atoms with Crippen molar-refractivity contribution in [1.29, 1.82) is 0 Å². The Bertz CT molecular complexity index is 728. The first-order valence-corrected chi connectivity index (χ1v) is 8.88. The number of anilines is 1. The highest BCUT2D eigenvalue weighted by molar-refractivity contribution is 5.74. The lowest BCUT2D eigenvalue weighted by Gasteiger charge is -2.36. The van der Waals surface area contributed by atoms with Crippen LogP contribution >= 0.6 is 0 Å². The summed E-state index contributed by atoms with van der Waals surface area (Å²) in [4.78, 5) is 15.5. The third-order valence-corrected chi connectivity index (χ3v) is 4.76. The molecular formula is C20H24FN3O2. The molecule has 2 aromatic rings. The van der Waals surface area contributed by atoms with Crippen molar-refractivity contribution in [1.82, 2.24) is 10.4 Å². The van der Waals surface area contributed by atoms with Crippen molar-refractivity contribution in [2.45, 2.75) is 19.4 Å². The number of benzene rings is 2. The van der Waals surface area contributed by atoms with Gasteiger partial charge in [0.2, 0.25) is 5.91 Å². The highest BCUT2D eigenvalue weighted by Crippen LogP contribution is 2.20. The summed E-state index contributed by atoms with van der Waals surface area (Å²) in [7, 11) is 0. The minimum atomic E-state index is -0.373. The first-order valence-electron chi connectivity index (χ1n) is 8.88. The van der Waals surface area contributed by atoms with E-state index in [2.05, 4.69) is 21.9 Å². The van der Waals surface area contributed by atoms with E-state index >= 15 is 0 Å². The summed E-state index contributed by atoms with van der Waals surface area (Å²) in [6, 6.07) is 15.1. The SMILES string of the molecule is O=C(CCc1ccc(CN2CCN(c3ccccc3F)CC2)cc1)NO. The smallest absolute Gasteiger partial charge is 0.243 e. The van der Waals surface area contributed by atoms with Gasteiger partial charge in [0.05, 0.1) is 5.69 Å². The van der Waals surface area contributed by atoms with Gasteiger partial charge in [0, 0.05) is 39.1 Å². The lowest BCUT2D eigenvalue weighted by Crippen LogP contribution is -2.46. The van der Waals surface area contributed by atoms with Crippen molar-refractivity contribution >= 4 is 11.6 Å². The van der Waals surface area contributed by atoms with E-state index in [4.69, 9.17) is 5.21 Å². The molecule has 1 aliphatic rings. The third-order valence-electron chi connectivity index (χ3n) is 4.76. The fourth-order valence-electron chi connectivity index (χ4n) is 3.24. The van der Waals surface area contributed by atoms with Crippen molar-refractivity contribution in [3.63, 3.8) is 0 Å². The quantitative estimate of drug-likeness (QED) is 0.616. The van der Waals surface area contributed by atoms with Crippen LogP contribution in [-0.2, 0) is 17.8 Å². The molecule has 5 nitrogen and oxygen atoms in total. The average molecular weight is 357 g/mol. The maximum Gasteiger partial charge on any atom is 0.243 e. The Morgan fingerprint density at radius 3 is 2.31 bits per heavy atom. The molecule has 138 valence electrons. The molecule has 1 amide bonds. The Labute approximate surface area is 153 Å². The molecule has 6 heteroatoms. The minimum Gasteiger partial charge on any atom is -0.367 e. The second-order valence-corrected chi connectivity index (χ2v) is 6.57. The Balaban J connectivity index is 1.48. The largest absolute Gasteiger partial charge is 0.367 e. The normalized spacial score (nSPS) is 15.1. The number of rotatable bonds is 6. The van der Waals surface area contributed by atoms with E-state index in [0.29, 0.717) is 12.1 Å². The fourth-order valence-corrected chi connectivity index (χ4v) is 3.24. The van der Waals surface area contributed by atoms with Crippen LogP contribution in [0, 0.1) is 5.82 Å². The number of nitrogens with zero attached hydrogens (tertiary/aromatic N) is 2. The van der Waals surface area contributed by atoms with E-state index in [1.807, 2.05) is 24.3 Å². The average Bonchev–Trinajstić information content (AvgIpc) is 2.68. The number of hydroxylamine groups is 1. The molecule has 1 fully saturated rings. The summed E-state index contributed by atoms with van der Waals surface area (Å²) in [5, 5.41) is 8.52. The van der Waals surface area contributed by atoms with Gasteiger partial charge in [0.25, 0.3) is 0 Å². The van der Waals surface area contributed by atoms with Gasteiger partial charge in [-0.25, -0.2) is 9.87 Å². The molecule has 1 saturated heterocycles. The molecule has 0 saturated carbocycles. The monoisotopic (exact) mass is 357 g/mol. The minimum absolute atomic E-state index is 0.161. The maximum atomic E-state index is 13.9. The summed E-state index contributed by atoms with van der Waals surface area (Å²) in [5.41, 5.74) is 4.62. The summed E-state index contributed by atoms with van der Waals surface area (Å²) in [5.74, 6) is -0.534. The second kappa shape index (κ2) is 8.78. The maximum absolute atomic E-state index is 13.9. The zero-order valence-electron chi connectivity index (χ0n) is 14.7. The molecule has 0 aromatic heterocycles. The van der Waals surface area contributed by atoms with E-state index in [0.717, 1.165) is 38.3 Å². The molecular weight excluding hydrogens is 333 g/mol. The van der Waals surface area contributed by atoms with E-state index in [1.165, 1.54) is 11.6 Å². The molecule has 0 unspecified atom stereocenters. The Hall–Kier alpha value is -2.44. The van der Waals surface area contributed by atoms with E-state index in [1.54, 1.807) is 11.5 Å². The number of carbonyl (C=O) groups is 1. The van der Waals surface area contributed by atoms with Crippen molar-refractivity contribution in [2.24, 2.45) is 0 Å². The molecule has 26 heavy (non-hydrogen) atoms. The lowest BCUT2D eigenvalue weighted by atomic mass is 10.1. The van der Waals surface area contributed by atoms with Crippen LogP contribution in [0.15, 0.2) is 48.5 Å². The molecule has 0 atom stereocenters. The van der Waals surface area contributed by atoms with Gasteiger partial charge in [-0.1, -0.05) is 36.4 Å². The van der Waals surface area contributed by atoms with Crippen LogP contribution in [0.25, 0.3) is 0 Å². The number of aryl methyl sites for hydroxylation is 1. The molecule has 2 N–H and O–H groups in total. The van der Waals surface area contributed by atoms with Crippen LogP contribution in [0.1, 0.15) is 17.5 Å². The molecule has 1 heterocycles. The van der Waals surface area contributed by atoms with Crippen molar-refractivity contribution in [3.8, 4) is 0 Å². The predicted molar refractivity (Wildman–Crippen MR) is 98.6 cm³/mol. The summed E-state index contributed by atoms with van der Waals surface area (Å²) in [6.07, 6.45) is 0.877. The lowest BCUT2D eigenvalue weighted by molar-refractivity contribution is -0.129. The summed E-state index contributed by atoms with van der Waals surface area (Å²) in [6.45, 7) is 4.28. The van der Waals surface area contributed by atoms with Crippen molar-refractivity contribution in [2.75, 3.05) is 31.1 Å². The number of nitrogens with one attached hydrogen (secondary N) is 1. The van der Waals surface area contributed by atoms with Crippen LogP contribution in [0.3, 0.4) is 0 Å². The van der Waals surface area contributed by atoms with Gasteiger partial charge >= 0.3 is 0 Å². The van der Waals surface area contributed by atoms with Gasteiger partial charge in [-0.2, -0.15) is 0 Å². The summed E-state index contributed by atoms with van der Waals surface area (Å²) < 4.78 is 13.9. The van der Waals surface area contributed by atoms with Crippen LogP contribution in [0.4, 0.5) is 10.1 Å². The van der Waals surface area contributed by atoms with Crippen molar-refractivity contribution < 1.29 is 14.4 Å². The molecule has 1 aliphatic heterocycles. The number of para-hydroxylation sites is 1. The van der Waals surface area contributed by atoms with Crippen LogP contribution in [0.5, 0.6) is 0 Å². The van der Waals surface area contributed by atoms with Crippen LogP contribution < -0.4 is 10.4 Å². The van der Waals surface area contributed by atoms with Gasteiger partial charge in [-0.3, -0.25) is 14.9 Å². The standard InChI is InChI=1S/C20H24FN3O2/c21-18-3-1-2-4-19(18)24-13-11-23(12-14-24)15-17-7-5-16(6-8-17)9-10-20(25)22-26/h1-8,26H,9-15H2,(H,22,25).